The van der Waals surface area contributed by atoms with Gasteiger partial charge in [0, 0.05) is 25.1 Å². The Morgan fingerprint density at radius 3 is 2.29 bits per heavy atom. The normalized spacial score (nSPS) is 15.4. The summed E-state index contributed by atoms with van der Waals surface area (Å²) in [6.07, 6.45) is 3.33. The first-order valence-corrected chi connectivity index (χ1v) is 12.9. The van der Waals surface area contributed by atoms with Crippen molar-refractivity contribution in [2.75, 3.05) is 34.4 Å². The minimum absolute atomic E-state index is 0.163. The van der Waals surface area contributed by atoms with Gasteiger partial charge in [0.1, 0.15) is 17.2 Å². The molecule has 0 aromatic heterocycles. The first-order chi connectivity index (χ1) is 16.3. The molecule has 1 amide bonds. The summed E-state index contributed by atoms with van der Waals surface area (Å²) < 4.78 is 43.8. The summed E-state index contributed by atoms with van der Waals surface area (Å²) in [4.78, 5) is 13.0. The first kappa shape index (κ1) is 25.8. The number of piperidine rings is 1. The molecule has 1 fully saturated rings. The summed E-state index contributed by atoms with van der Waals surface area (Å²) in [7, 11) is 1.14. The van der Waals surface area contributed by atoms with Gasteiger partial charge >= 0.3 is 0 Å². The number of amides is 1. The quantitative estimate of drug-likeness (QED) is 0.546. The van der Waals surface area contributed by atoms with Gasteiger partial charge in [0.25, 0.3) is 0 Å². The van der Waals surface area contributed by atoms with Crippen LogP contribution in [0.4, 0.5) is 0 Å². The lowest BCUT2D eigenvalue weighted by Gasteiger charge is -2.26. The van der Waals surface area contributed by atoms with E-state index in [4.69, 9.17) is 14.2 Å². The van der Waals surface area contributed by atoms with E-state index in [0.717, 1.165) is 24.8 Å². The molecule has 34 heavy (non-hydrogen) atoms. The topological polar surface area (TPSA) is 94.2 Å². The van der Waals surface area contributed by atoms with Crippen LogP contribution in [0.1, 0.15) is 49.8 Å². The zero-order chi connectivity index (χ0) is 24.7. The van der Waals surface area contributed by atoms with Gasteiger partial charge in [0.15, 0.2) is 0 Å². The van der Waals surface area contributed by atoms with E-state index in [1.165, 1.54) is 11.4 Å². The summed E-state index contributed by atoms with van der Waals surface area (Å²) in [6.45, 7) is 2.96. The lowest BCUT2D eigenvalue weighted by molar-refractivity contribution is -0.121. The average molecular weight is 491 g/mol. The van der Waals surface area contributed by atoms with Gasteiger partial charge in [-0.2, -0.15) is 4.31 Å². The van der Waals surface area contributed by atoms with Crippen LogP contribution in [0.5, 0.6) is 17.2 Å². The van der Waals surface area contributed by atoms with Gasteiger partial charge in [-0.1, -0.05) is 6.42 Å². The molecule has 3 rings (SSSR count). The zero-order valence-corrected chi connectivity index (χ0v) is 21.1. The van der Waals surface area contributed by atoms with E-state index in [0.29, 0.717) is 42.3 Å². The predicted octanol–water partition coefficient (Wildman–Crippen LogP) is 3.70. The molecule has 0 radical (unpaired) electrons. The summed E-state index contributed by atoms with van der Waals surface area (Å²) >= 11 is 0. The maximum absolute atomic E-state index is 13.1. The fraction of sp³-hybridized carbons (Fsp3) is 0.480. The molecule has 0 saturated carbocycles. The van der Waals surface area contributed by atoms with Gasteiger partial charge in [-0.15, -0.1) is 0 Å². The van der Waals surface area contributed by atoms with Crippen LogP contribution >= 0.6 is 0 Å². The van der Waals surface area contributed by atoms with E-state index in [-0.39, 0.29) is 23.3 Å². The van der Waals surface area contributed by atoms with Crippen LogP contribution < -0.4 is 19.5 Å². The minimum Gasteiger partial charge on any atom is -0.497 e. The first-order valence-electron chi connectivity index (χ1n) is 11.5. The molecule has 1 saturated heterocycles. The lowest BCUT2D eigenvalue weighted by Crippen LogP contribution is -2.35. The largest absolute Gasteiger partial charge is 0.497 e. The summed E-state index contributed by atoms with van der Waals surface area (Å²) in [5.41, 5.74) is 1.49. The third-order valence-corrected chi connectivity index (χ3v) is 8.00. The Morgan fingerprint density at radius 2 is 1.65 bits per heavy atom. The van der Waals surface area contributed by atoms with Gasteiger partial charge in [-0.05, 0) is 68.1 Å². The maximum atomic E-state index is 13.1. The van der Waals surface area contributed by atoms with Crippen molar-refractivity contribution in [1.82, 2.24) is 9.62 Å². The Labute approximate surface area is 202 Å². The van der Waals surface area contributed by atoms with E-state index in [1.54, 1.807) is 44.6 Å². The molecular weight excluding hydrogens is 456 g/mol. The molecule has 1 N–H and O–H groups in total. The molecule has 1 heterocycles. The Bertz CT molecular complexity index is 1100. The third-order valence-electron chi connectivity index (χ3n) is 6.11. The number of sulfonamides is 1. The number of aryl methyl sites for hydroxylation is 1. The molecule has 1 atom stereocenters. The number of rotatable bonds is 10. The Morgan fingerprint density at radius 1 is 0.971 bits per heavy atom. The zero-order valence-electron chi connectivity index (χ0n) is 20.3. The van der Waals surface area contributed by atoms with Crippen molar-refractivity contribution in [3.8, 4) is 17.2 Å². The van der Waals surface area contributed by atoms with Gasteiger partial charge in [0.05, 0.1) is 32.3 Å². The Balaban J connectivity index is 1.71. The van der Waals surface area contributed by atoms with Gasteiger partial charge in [0.2, 0.25) is 15.9 Å². The number of carbonyl (C=O) groups excluding carboxylic acids is 1. The van der Waals surface area contributed by atoms with E-state index in [1.807, 2.05) is 13.0 Å². The van der Waals surface area contributed by atoms with Crippen LogP contribution in [-0.4, -0.2) is 53.0 Å². The maximum Gasteiger partial charge on any atom is 0.243 e. The minimum atomic E-state index is -3.57. The van der Waals surface area contributed by atoms with Crippen LogP contribution in [0.25, 0.3) is 0 Å². The molecule has 0 spiro atoms. The van der Waals surface area contributed by atoms with Crippen molar-refractivity contribution in [2.24, 2.45) is 0 Å². The number of hydrogen-bond acceptors (Lipinski definition) is 6. The van der Waals surface area contributed by atoms with Crippen molar-refractivity contribution in [3.05, 3.63) is 47.5 Å². The average Bonchev–Trinajstić information content (AvgIpc) is 2.87. The summed E-state index contributed by atoms with van der Waals surface area (Å²) in [5.74, 6) is 1.73. The molecule has 1 aliphatic rings. The number of nitrogens with zero attached hydrogens (tertiary/aromatic N) is 1. The molecule has 9 heteroatoms. The summed E-state index contributed by atoms with van der Waals surface area (Å²) in [6, 6.07) is 10.00. The highest BCUT2D eigenvalue weighted by molar-refractivity contribution is 7.89. The summed E-state index contributed by atoms with van der Waals surface area (Å²) in [5, 5.41) is 2.98. The number of carbonyl (C=O) groups is 1. The van der Waals surface area contributed by atoms with Crippen molar-refractivity contribution >= 4 is 15.9 Å². The van der Waals surface area contributed by atoms with Gasteiger partial charge < -0.3 is 19.5 Å². The van der Waals surface area contributed by atoms with Gasteiger partial charge in [-0.3, -0.25) is 4.79 Å². The standard InChI is InChI=1S/C25H34N2O6S/c1-18(22-17-20(31-2)9-11-24(22)33-4)26-25(28)13-8-19-16-21(10-12-23(19)32-3)34(29,30)27-14-6-5-7-15-27/h9-12,16-18H,5-8,13-15H2,1-4H3,(H,26,28)/t18-/m0/s1. The monoisotopic (exact) mass is 490 g/mol. The molecule has 0 bridgehead atoms. The number of benzene rings is 2. The molecular formula is C25H34N2O6S. The van der Waals surface area contributed by atoms with Crippen molar-refractivity contribution in [3.63, 3.8) is 0 Å². The molecule has 8 nitrogen and oxygen atoms in total. The molecule has 2 aromatic carbocycles. The highest BCUT2D eigenvalue weighted by Gasteiger charge is 2.27. The van der Waals surface area contributed by atoms with Crippen LogP contribution in [0.15, 0.2) is 41.3 Å². The molecule has 0 unspecified atom stereocenters. The molecule has 2 aromatic rings. The van der Waals surface area contributed by atoms with Crippen LogP contribution in [0.2, 0.25) is 0 Å². The van der Waals surface area contributed by atoms with Crippen molar-refractivity contribution in [2.45, 2.75) is 50.0 Å². The van der Waals surface area contributed by atoms with E-state index in [2.05, 4.69) is 5.32 Å². The second-order valence-corrected chi connectivity index (χ2v) is 10.3. The Kier molecular flexibility index (Phi) is 8.79. The van der Waals surface area contributed by atoms with E-state index >= 15 is 0 Å². The fourth-order valence-corrected chi connectivity index (χ4v) is 5.75. The third kappa shape index (κ3) is 6.01. The Hall–Kier alpha value is -2.78. The van der Waals surface area contributed by atoms with Crippen molar-refractivity contribution in [1.29, 1.82) is 0 Å². The van der Waals surface area contributed by atoms with Crippen molar-refractivity contribution < 1.29 is 27.4 Å². The second kappa shape index (κ2) is 11.6. The highest BCUT2D eigenvalue weighted by Crippen LogP contribution is 2.30. The van der Waals surface area contributed by atoms with Crippen LogP contribution in [-0.2, 0) is 21.2 Å². The number of nitrogens with one attached hydrogen (secondary N) is 1. The SMILES string of the molecule is COc1ccc(OC)c([C@H](C)NC(=O)CCc2cc(S(=O)(=O)N3CCCCC3)ccc2OC)c1. The highest BCUT2D eigenvalue weighted by atomic mass is 32.2. The molecule has 0 aliphatic carbocycles. The molecule has 186 valence electrons. The van der Waals surface area contributed by atoms with E-state index < -0.39 is 10.0 Å². The predicted molar refractivity (Wildman–Crippen MR) is 130 cm³/mol. The van der Waals surface area contributed by atoms with E-state index in [9.17, 15) is 13.2 Å². The number of ether oxygens (including phenoxy) is 3. The van der Waals surface area contributed by atoms with Gasteiger partial charge in [-0.25, -0.2) is 8.42 Å². The number of hydrogen-bond donors (Lipinski definition) is 1. The van der Waals surface area contributed by atoms with Crippen LogP contribution in [0.3, 0.4) is 0 Å². The smallest absolute Gasteiger partial charge is 0.243 e. The second-order valence-electron chi connectivity index (χ2n) is 8.34. The van der Waals surface area contributed by atoms with Crippen LogP contribution in [0, 0.1) is 0 Å². The fourth-order valence-electron chi connectivity index (χ4n) is 4.18. The lowest BCUT2D eigenvalue weighted by atomic mass is 10.1. The number of methoxy groups -OCH3 is 3. The molecule has 1 aliphatic heterocycles.